The second kappa shape index (κ2) is 6.17. The van der Waals surface area contributed by atoms with Gasteiger partial charge in [-0.15, -0.1) is 11.8 Å². The summed E-state index contributed by atoms with van der Waals surface area (Å²) in [6, 6.07) is 7.92. The molecule has 1 aromatic heterocycles. The molecule has 2 rings (SSSR count). The predicted octanol–water partition coefficient (Wildman–Crippen LogP) is 4.09. The molecule has 0 bridgehead atoms. The number of benzene rings is 1. The monoisotopic (exact) mass is 313 g/mol. The van der Waals surface area contributed by atoms with Crippen LogP contribution in [0.5, 0.6) is 0 Å². The van der Waals surface area contributed by atoms with Crippen molar-refractivity contribution in [3.63, 3.8) is 0 Å². The number of thioether (sulfide) groups is 1. The number of hydrogen-bond donors (Lipinski definition) is 1. The average molecular weight is 313 g/mol. The van der Waals surface area contributed by atoms with Crippen molar-refractivity contribution in [3.8, 4) is 0 Å². The van der Waals surface area contributed by atoms with Gasteiger partial charge in [-0.3, -0.25) is 0 Å². The van der Waals surface area contributed by atoms with E-state index in [2.05, 4.69) is 4.98 Å². The van der Waals surface area contributed by atoms with E-state index in [9.17, 15) is 18.0 Å². The summed E-state index contributed by atoms with van der Waals surface area (Å²) < 4.78 is 37.2. The maximum Gasteiger partial charge on any atom is 0.416 e. The SMILES string of the molecule is O=C(O)c1ccc(SCc2ccc(C(F)(F)F)cc2)nc1. The van der Waals surface area contributed by atoms with Gasteiger partial charge in [0.05, 0.1) is 16.2 Å². The second-order valence-electron chi connectivity index (χ2n) is 4.17. The summed E-state index contributed by atoms with van der Waals surface area (Å²) in [7, 11) is 0. The topological polar surface area (TPSA) is 50.2 Å². The van der Waals surface area contributed by atoms with Crippen LogP contribution in [0.4, 0.5) is 13.2 Å². The lowest BCUT2D eigenvalue weighted by Gasteiger charge is -2.07. The van der Waals surface area contributed by atoms with Gasteiger partial charge in [-0.2, -0.15) is 13.2 Å². The van der Waals surface area contributed by atoms with Crippen LogP contribution in [0, 0.1) is 0 Å². The third-order valence-corrected chi connectivity index (χ3v) is 3.67. The van der Waals surface area contributed by atoms with Crippen LogP contribution in [0.2, 0.25) is 0 Å². The number of alkyl halides is 3. The fourth-order valence-corrected chi connectivity index (χ4v) is 2.34. The highest BCUT2D eigenvalue weighted by atomic mass is 32.2. The molecule has 0 aliphatic heterocycles. The zero-order valence-electron chi connectivity index (χ0n) is 10.6. The quantitative estimate of drug-likeness (QED) is 0.864. The number of aromatic nitrogens is 1. The third-order valence-electron chi connectivity index (χ3n) is 2.65. The molecule has 7 heteroatoms. The van der Waals surface area contributed by atoms with Crippen LogP contribution in [0.3, 0.4) is 0 Å². The Morgan fingerprint density at radius 1 is 1.14 bits per heavy atom. The van der Waals surface area contributed by atoms with Crippen LogP contribution in [0.1, 0.15) is 21.5 Å². The van der Waals surface area contributed by atoms with Crippen molar-refractivity contribution in [2.45, 2.75) is 17.0 Å². The lowest BCUT2D eigenvalue weighted by molar-refractivity contribution is -0.137. The van der Waals surface area contributed by atoms with Gasteiger partial charge in [0.1, 0.15) is 0 Å². The Morgan fingerprint density at radius 2 is 1.81 bits per heavy atom. The Balaban J connectivity index is 1.98. The molecule has 0 aliphatic carbocycles. The van der Waals surface area contributed by atoms with E-state index in [-0.39, 0.29) is 5.56 Å². The van der Waals surface area contributed by atoms with Gasteiger partial charge in [-0.1, -0.05) is 12.1 Å². The van der Waals surface area contributed by atoms with Gasteiger partial charge in [-0.05, 0) is 29.8 Å². The highest BCUT2D eigenvalue weighted by Gasteiger charge is 2.29. The molecule has 2 aromatic rings. The molecule has 21 heavy (non-hydrogen) atoms. The number of nitrogens with zero attached hydrogens (tertiary/aromatic N) is 1. The van der Waals surface area contributed by atoms with Crippen molar-refractivity contribution in [1.82, 2.24) is 4.98 Å². The number of halogens is 3. The standard InChI is InChI=1S/C14H10F3NO2S/c15-14(16,17)11-4-1-9(2-5-11)8-21-12-6-3-10(7-18-12)13(19)20/h1-7H,8H2,(H,19,20). The van der Waals surface area contributed by atoms with Crippen molar-refractivity contribution in [2.75, 3.05) is 0 Å². The van der Waals surface area contributed by atoms with Gasteiger partial charge >= 0.3 is 12.1 Å². The van der Waals surface area contributed by atoms with Gasteiger partial charge in [0.15, 0.2) is 0 Å². The molecule has 3 nitrogen and oxygen atoms in total. The van der Waals surface area contributed by atoms with Crippen LogP contribution in [0.15, 0.2) is 47.6 Å². The molecule has 0 aliphatic rings. The number of pyridine rings is 1. The van der Waals surface area contributed by atoms with Crippen LogP contribution in [-0.2, 0) is 11.9 Å². The maximum atomic E-state index is 12.4. The number of hydrogen-bond acceptors (Lipinski definition) is 3. The summed E-state index contributed by atoms with van der Waals surface area (Å²) in [6.07, 6.45) is -3.09. The van der Waals surface area contributed by atoms with Crippen LogP contribution >= 0.6 is 11.8 Å². The van der Waals surface area contributed by atoms with Gasteiger partial charge in [0, 0.05) is 11.9 Å². The molecule has 0 saturated carbocycles. The van der Waals surface area contributed by atoms with Gasteiger partial charge in [0.25, 0.3) is 0 Å². The Labute approximate surface area is 122 Å². The summed E-state index contributed by atoms with van der Waals surface area (Å²) in [5.41, 5.74) is 0.145. The van der Waals surface area contributed by atoms with Gasteiger partial charge in [0.2, 0.25) is 0 Å². The maximum absolute atomic E-state index is 12.4. The lowest BCUT2D eigenvalue weighted by atomic mass is 10.1. The highest BCUT2D eigenvalue weighted by molar-refractivity contribution is 7.98. The average Bonchev–Trinajstić information content (AvgIpc) is 2.45. The molecule has 0 radical (unpaired) electrons. The zero-order chi connectivity index (χ0) is 15.5. The molecular weight excluding hydrogens is 303 g/mol. The van der Waals surface area contributed by atoms with E-state index in [1.165, 1.54) is 36.2 Å². The number of aromatic carboxylic acids is 1. The molecule has 0 atom stereocenters. The van der Waals surface area contributed by atoms with Crippen LogP contribution in [-0.4, -0.2) is 16.1 Å². The van der Waals surface area contributed by atoms with Crippen molar-refractivity contribution in [1.29, 1.82) is 0 Å². The first-order chi connectivity index (χ1) is 9.86. The third kappa shape index (κ3) is 4.22. The highest BCUT2D eigenvalue weighted by Crippen LogP contribution is 2.30. The summed E-state index contributed by atoms with van der Waals surface area (Å²) >= 11 is 1.32. The molecule has 0 spiro atoms. The Bertz CT molecular complexity index is 624. The summed E-state index contributed by atoms with van der Waals surface area (Å²) in [4.78, 5) is 14.6. The van der Waals surface area contributed by atoms with E-state index in [0.717, 1.165) is 17.7 Å². The number of carboxylic acid groups (broad SMARTS) is 1. The molecule has 0 fully saturated rings. The van der Waals surface area contributed by atoms with E-state index in [0.29, 0.717) is 10.8 Å². The van der Waals surface area contributed by atoms with Crippen LogP contribution < -0.4 is 0 Å². The summed E-state index contributed by atoms with van der Waals surface area (Å²) in [5.74, 6) is -0.598. The second-order valence-corrected chi connectivity index (χ2v) is 5.17. The summed E-state index contributed by atoms with van der Waals surface area (Å²) in [6.45, 7) is 0. The van der Waals surface area contributed by atoms with Crippen molar-refractivity contribution >= 4 is 17.7 Å². The minimum absolute atomic E-state index is 0.0916. The Morgan fingerprint density at radius 3 is 2.29 bits per heavy atom. The first kappa shape index (κ1) is 15.4. The molecule has 0 unspecified atom stereocenters. The van der Waals surface area contributed by atoms with Crippen LogP contribution in [0.25, 0.3) is 0 Å². The zero-order valence-corrected chi connectivity index (χ0v) is 11.4. The molecule has 110 valence electrons. The van der Waals surface area contributed by atoms with E-state index in [1.807, 2.05) is 0 Å². The van der Waals surface area contributed by atoms with E-state index in [1.54, 1.807) is 6.07 Å². The molecule has 1 N–H and O–H groups in total. The Kier molecular flexibility index (Phi) is 4.52. The summed E-state index contributed by atoms with van der Waals surface area (Å²) in [5, 5.41) is 9.35. The number of carboxylic acids is 1. The smallest absolute Gasteiger partial charge is 0.416 e. The molecule has 0 amide bonds. The first-order valence-electron chi connectivity index (χ1n) is 5.84. The molecule has 1 aromatic carbocycles. The molecule has 0 saturated heterocycles. The minimum atomic E-state index is -4.33. The normalized spacial score (nSPS) is 11.4. The first-order valence-corrected chi connectivity index (χ1v) is 6.83. The van der Waals surface area contributed by atoms with Gasteiger partial charge in [-0.25, -0.2) is 9.78 Å². The Hall–Kier alpha value is -2.02. The molecular formula is C14H10F3NO2S. The fraction of sp³-hybridized carbons (Fsp3) is 0.143. The largest absolute Gasteiger partial charge is 0.478 e. The predicted molar refractivity (Wildman–Crippen MR) is 72.2 cm³/mol. The van der Waals surface area contributed by atoms with E-state index in [4.69, 9.17) is 5.11 Å². The van der Waals surface area contributed by atoms with Crippen molar-refractivity contribution < 1.29 is 23.1 Å². The van der Waals surface area contributed by atoms with Crippen molar-refractivity contribution in [3.05, 3.63) is 59.3 Å². The van der Waals surface area contributed by atoms with Gasteiger partial charge < -0.3 is 5.11 Å². The minimum Gasteiger partial charge on any atom is -0.478 e. The molecule has 1 heterocycles. The fourth-order valence-electron chi connectivity index (χ4n) is 1.54. The number of carbonyl (C=O) groups is 1. The van der Waals surface area contributed by atoms with E-state index < -0.39 is 17.7 Å². The van der Waals surface area contributed by atoms with Crippen molar-refractivity contribution in [2.24, 2.45) is 0 Å². The van der Waals surface area contributed by atoms with E-state index >= 15 is 0 Å². The lowest BCUT2D eigenvalue weighted by Crippen LogP contribution is -2.04. The number of rotatable bonds is 4.